The van der Waals surface area contributed by atoms with Crippen LogP contribution in [0.3, 0.4) is 0 Å². The van der Waals surface area contributed by atoms with Gasteiger partial charge in [-0.3, -0.25) is 4.79 Å². The van der Waals surface area contributed by atoms with Gasteiger partial charge in [-0.05, 0) is 25.1 Å². The maximum Gasteiger partial charge on any atom is 0.280 e. The van der Waals surface area contributed by atoms with Crippen molar-refractivity contribution >= 4 is 46.6 Å². The molecule has 0 saturated heterocycles. The lowest BCUT2D eigenvalue weighted by Crippen LogP contribution is -2.25. The van der Waals surface area contributed by atoms with E-state index in [0.717, 1.165) is 6.08 Å². The van der Waals surface area contributed by atoms with Crippen LogP contribution in [-0.2, 0) is 4.79 Å². The first-order valence-electron chi connectivity index (χ1n) is 7.35. The Morgan fingerprint density at radius 1 is 1.00 bits per heavy atom. The van der Waals surface area contributed by atoms with Gasteiger partial charge in [0.05, 0.1) is 16.3 Å². The van der Waals surface area contributed by atoms with Crippen LogP contribution in [0.5, 0.6) is 5.75 Å². The van der Waals surface area contributed by atoms with Gasteiger partial charge in [-0.1, -0.05) is 23.2 Å². The number of phenols is 1. The number of aromatic hydroxyl groups is 1. The third-order valence-corrected chi connectivity index (χ3v) is 4.32. The number of hydrogen-bond donors (Lipinski definition) is 1. The van der Waals surface area contributed by atoms with Crippen molar-refractivity contribution in [3.8, 4) is 5.75 Å². The van der Waals surface area contributed by atoms with E-state index < -0.39 is 46.4 Å². The van der Waals surface area contributed by atoms with Crippen LogP contribution in [0.4, 0.5) is 27.6 Å². The molecule has 0 aromatic heterocycles. The minimum atomic E-state index is -2.36. The molecule has 0 unspecified atom stereocenters. The van der Waals surface area contributed by atoms with Gasteiger partial charge < -0.3 is 5.11 Å². The Kier molecular flexibility index (Phi) is 5.07. The van der Waals surface area contributed by atoms with E-state index >= 15 is 0 Å². The zero-order valence-corrected chi connectivity index (χ0v) is 15.1. The monoisotopic (exact) mass is 436 g/mol. The number of hydrogen-bond acceptors (Lipinski definition) is 3. The molecule has 2 aromatic rings. The number of benzene rings is 2. The van der Waals surface area contributed by atoms with Crippen LogP contribution in [0.1, 0.15) is 12.5 Å². The third kappa shape index (κ3) is 3.10. The van der Waals surface area contributed by atoms with Crippen LogP contribution < -0.4 is 5.01 Å². The molecule has 0 fully saturated rings. The fourth-order valence-electron chi connectivity index (χ4n) is 2.47. The number of hydrazone groups is 1. The molecule has 0 saturated carbocycles. The highest BCUT2D eigenvalue weighted by atomic mass is 35.5. The summed E-state index contributed by atoms with van der Waals surface area (Å²) in [6.07, 6.45) is 1.07. The van der Waals surface area contributed by atoms with Gasteiger partial charge in [-0.25, -0.2) is 22.0 Å². The molecule has 0 radical (unpaired) electrons. The minimum Gasteiger partial charge on any atom is -0.506 e. The highest BCUT2D eigenvalue weighted by Gasteiger charge is 2.37. The highest BCUT2D eigenvalue weighted by Crippen LogP contribution is 2.36. The van der Waals surface area contributed by atoms with Crippen molar-refractivity contribution in [2.24, 2.45) is 5.10 Å². The van der Waals surface area contributed by atoms with Crippen LogP contribution in [0.2, 0.25) is 10.0 Å². The summed E-state index contributed by atoms with van der Waals surface area (Å²) in [6.45, 7) is 1.26. The smallest absolute Gasteiger partial charge is 0.280 e. The van der Waals surface area contributed by atoms with E-state index in [4.69, 9.17) is 23.2 Å². The molecular weight excluding hydrogens is 430 g/mol. The first-order valence-corrected chi connectivity index (χ1v) is 8.11. The summed E-state index contributed by atoms with van der Waals surface area (Å²) in [5.41, 5.74) is -1.92. The molecule has 1 aliphatic rings. The molecule has 3 rings (SSSR count). The van der Waals surface area contributed by atoms with Crippen molar-refractivity contribution in [1.29, 1.82) is 0 Å². The van der Waals surface area contributed by atoms with Gasteiger partial charge in [0.25, 0.3) is 5.91 Å². The maximum absolute atomic E-state index is 14.0. The van der Waals surface area contributed by atoms with E-state index in [1.807, 2.05) is 0 Å². The average molecular weight is 437 g/mol. The number of nitrogens with zero attached hydrogens (tertiary/aromatic N) is 2. The number of amides is 1. The highest BCUT2D eigenvalue weighted by molar-refractivity contribution is 6.36. The second-order valence-electron chi connectivity index (χ2n) is 5.60. The Balaban J connectivity index is 2.14. The molecule has 0 atom stereocenters. The van der Waals surface area contributed by atoms with Crippen LogP contribution >= 0.6 is 23.2 Å². The second kappa shape index (κ2) is 7.06. The summed E-state index contributed by atoms with van der Waals surface area (Å²) in [4.78, 5) is 12.5. The van der Waals surface area contributed by atoms with E-state index in [1.54, 1.807) is 0 Å². The second-order valence-corrected chi connectivity index (χ2v) is 6.45. The third-order valence-electron chi connectivity index (χ3n) is 3.82. The molecule has 1 aliphatic heterocycles. The average Bonchev–Trinajstić information content (AvgIpc) is 2.90. The van der Waals surface area contributed by atoms with Crippen molar-refractivity contribution < 1.29 is 31.9 Å². The van der Waals surface area contributed by atoms with Crippen molar-refractivity contribution in [2.75, 3.05) is 5.01 Å². The molecule has 11 heteroatoms. The van der Waals surface area contributed by atoms with Crippen LogP contribution in [0.15, 0.2) is 22.8 Å². The first kappa shape index (κ1) is 20.1. The lowest BCUT2D eigenvalue weighted by molar-refractivity contribution is -0.114. The Bertz CT molecular complexity index is 1070. The number of anilines is 1. The fraction of sp³-hybridized carbons (Fsp3) is 0.0588. The molecule has 1 heterocycles. The van der Waals surface area contributed by atoms with Gasteiger partial charge in [0.2, 0.25) is 5.82 Å². The molecule has 1 amide bonds. The van der Waals surface area contributed by atoms with Crippen LogP contribution in [-0.4, -0.2) is 16.7 Å². The minimum absolute atomic E-state index is 0.0188. The summed E-state index contributed by atoms with van der Waals surface area (Å²) >= 11 is 11.6. The van der Waals surface area contributed by atoms with E-state index in [0.29, 0.717) is 0 Å². The quantitative estimate of drug-likeness (QED) is 0.304. The Morgan fingerprint density at radius 3 is 2.11 bits per heavy atom. The maximum atomic E-state index is 14.0. The van der Waals surface area contributed by atoms with Crippen molar-refractivity contribution in [3.63, 3.8) is 0 Å². The SMILES string of the molecule is CC1=NN(c2c(F)c(F)c(F)c(F)c2F)C(=O)/C1=C/c1cc(Cl)cc(Cl)c1O. The topological polar surface area (TPSA) is 52.9 Å². The normalized spacial score (nSPS) is 15.6. The molecule has 146 valence electrons. The molecule has 0 spiro atoms. The Morgan fingerprint density at radius 2 is 1.54 bits per heavy atom. The van der Waals surface area contributed by atoms with Gasteiger partial charge in [0.15, 0.2) is 23.3 Å². The van der Waals surface area contributed by atoms with E-state index in [9.17, 15) is 31.9 Å². The number of halogens is 7. The Labute approximate surface area is 164 Å². The summed E-state index contributed by atoms with van der Waals surface area (Å²) in [5, 5.41) is 13.6. The number of rotatable bonds is 2. The van der Waals surface area contributed by atoms with Crippen LogP contribution in [0, 0.1) is 29.1 Å². The molecule has 1 N–H and O–H groups in total. The number of carbonyl (C=O) groups is 1. The van der Waals surface area contributed by atoms with E-state index in [1.165, 1.54) is 19.1 Å². The fourth-order valence-corrected chi connectivity index (χ4v) is 2.98. The zero-order valence-electron chi connectivity index (χ0n) is 13.6. The van der Waals surface area contributed by atoms with Gasteiger partial charge in [-0.15, -0.1) is 0 Å². The van der Waals surface area contributed by atoms with E-state index in [-0.39, 0.29) is 31.9 Å². The summed E-state index contributed by atoms with van der Waals surface area (Å²) in [7, 11) is 0. The molecule has 2 aromatic carbocycles. The first-order chi connectivity index (χ1) is 13.0. The molecular formula is C17H7Cl2F5N2O2. The predicted molar refractivity (Wildman–Crippen MR) is 92.9 cm³/mol. The van der Waals surface area contributed by atoms with Crippen molar-refractivity contribution in [3.05, 3.63) is 62.4 Å². The molecule has 28 heavy (non-hydrogen) atoms. The number of phenolic OH excluding ortho intramolecular Hbond substituents is 1. The van der Waals surface area contributed by atoms with Crippen molar-refractivity contribution in [1.82, 2.24) is 0 Å². The van der Waals surface area contributed by atoms with Gasteiger partial charge in [0, 0.05) is 10.6 Å². The van der Waals surface area contributed by atoms with Gasteiger partial charge >= 0.3 is 0 Å². The lowest BCUT2D eigenvalue weighted by Gasteiger charge is -2.15. The Hall–Kier alpha value is -2.65. The molecule has 4 nitrogen and oxygen atoms in total. The molecule has 0 aliphatic carbocycles. The zero-order chi connectivity index (χ0) is 20.9. The lowest BCUT2D eigenvalue weighted by atomic mass is 10.1. The number of carbonyl (C=O) groups excluding carboxylic acids is 1. The van der Waals surface area contributed by atoms with E-state index in [2.05, 4.69) is 5.10 Å². The predicted octanol–water partition coefficient (Wildman–Crippen LogP) is 5.20. The largest absolute Gasteiger partial charge is 0.506 e. The van der Waals surface area contributed by atoms with Crippen LogP contribution in [0.25, 0.3) is 6.08 Å². The standard InChI is InChI=1S/C17H7Cl2F5N2O2/c1-5-8(3-6-2-7(18)4-9(19)16(6)27)17(28)26(25-5)15-13(23)11(21)10(20)12(22)14(15)24/h2-4,27H,1H3/b8-3+. The summed E-state index contributed by atoms with van der Waals surface area (Å²) in [5.74, 6) is -12.8. The summed E-state index contributed by atoms with van der Waals surface area (Å²) in [6, 6.07) is 2.48. The summed E-state index contributed by atoms with van der Waals surface area (Å²) < 4.78 is 68.1. The van der Waals surface area contributed by atoms with Crippen molar-refractivity contribution in [2.45, 2.75) is 6.92 Å². The molecule has 0 bridgehead atoms. The van der Waals surface area contributed by atoms with Gasteiger partial charge in [-0.2, -0.15) is 10.1 Å². The van der Waals surface area contributed by atoms with Gasteiger partial charge in [0.1, 0.15) is 11.4 Å².